The second-order valence-corrected chi connectivity index (χ2v) is 3.60. The Labute approximate surface area is 96.9 Å². The zero-order valence-electron chi connectivity index (χ0n) is 9.04. The summed E-state index contributed by atoms with van der Waals surface area (Å²) in [5.41, 5.74) is -0.617. The maximum atomic E-state index is 12.6. The van der Waals surface area contributed by atoms with E-state index in [2.05, 4.69) is 5.32 Å². The maximum absolute atomic E-state index is 12.6. The van der Waals surface area contributed by atoms with Gasteiger partial charge in [-0.15, -0.1) is 0 Å². The highest BCUT2D eigenvalue weighted by atomic mass is 19.4. The number of rotatable bonds is 5. The first-order valence-electron chi connectivity index (χ1n) is 5.09. The Kier molecular flexibility index (Phi) is 4.92. The first-order chi connectivity index (χ1) is 7.99. The van der Waals surface area contributed by atoms with Gasteiger partial charge in [0.25, 0.3) is 0 Å². The van der Waals surface area contributed by atoms with Crippen LogP contribution in [0.5, 0.6) is 0 Å². The van der Waals surface area contributed by atoms with Crippen LogP contribution in [-0.4, -0.2) is 29.5 Å². The molecule has 0 radical (unpaired) electrons. The molecule has 0 amide bonds. The number of hydrogen-bond donors (Lipinski definition) is 3. The van der Waals surface area contributed by atoms with E-state index in [9.17, 15) is 13.2 Å². The van der Waals surface area contributed by atoms with Crippen LogP contribution in [0.1, 0.15) is 11.1 Å². The molecule has 1 aromatic carbocycles. The number of benzene rings is 1. The van der Waals surface area contributed by atoms with Gasteiger partial charge in [0.15, 0.2) is 0 Å². The molecule has 3 N–H and O–H groups in total. The minimum atomic E-state index is -4.40. The van der Waals surface area contributed by atoms with E-state index < -0.39 is 17.8 Å². The lowest BCUT2D eigenvalue weighted by Crippen LogP contribution is -2.35. The molecule has 0 aromatic heterocycles. The van der Waals surface area contributed by atoms with Crippen LogP contribution in [0, 0.1) is 0 Å². The van der Waals surface area contributed by atoms with Crippen molar-refractivity contribution in [1.82, 2.24) is 5.32 Å². The van der Waals surface area contributed by atoms with Crippen LogP contribution in [0.15, 0.2) is 24.3 Å². The molecule has 17 heavy (non-hydrogen) atoms. The summed E-state index contributed by atoms with van der Waals surface area (Å²) in [5, 5.41) is 20.2. The van der Waals surface area contributed by atoms with Gasteiger partial charge in [-0.1, -0.05) is 18.2 Å². The number of nitrogens with one attached hydrogen (secondary N) is 1. The second kappa shape index (κ2) is 6.00. The molecule has 3 nitrogen and oxygen atoms in total. The van der Waals surface area contributed by atoms with Crippen molar-refractivity contribution in [2.45, 2.75) is 18.8 Å². The van der Waals surface area contributed by atoms with Gasteiger partial charge in [0.1, 0.15) is 0 Å². The lowest BCUT2D eigenvalue weighted by Gasteiger charge is -2.16. The van der Waals surface area contributed by atoms with Crippen molar-refractivity contribution in [3.05, 3.63) is 35.4 Å². The zero-order chi connectivity index (χ0) is 12.9. The van der Waals surface area contributed by atoms with Gasteiger partial charge in [0.05, 0.1) is 24.8 Å². The summed E-state index contributed by atoms with van der Waals surface area (Å²) in [5.74, 6) is 0. The molecule has 96 valence electrons. The van der Waals surface area contributed by atoms with Gasteiger partial charge in [-0.3, -0.25) is 0 Å². The standard InChI is InChI=1S/C11H14F3NO2/c12-11(13,14)10-4-2-1-3-8(10)5-15-9(6-16)7-17/h1-4,9,15-17H,5-7H2. The topological polar surface area (TPSA) is 52.5 Å². The molecule has 0 bridgehead atoms. The molecule has 6 heteroatoms. The minimum Gasteiger partial charge on any atom is -0.395 e. The van der Waals surface area contributed by atoms with Gasteiger partial charge in [-0.25, -0.2) is 0 Å². The summed E-state index contributed by atoms with van der Waals surface area (Å²) in [6.07, 6.45) is -4.40. The highest BCUT2D eigenvalue weighted by Gasteiger charge is 2.32. The van der Waals surface area contributed by atoms with Crippen LogP contribution in [-0.2, 0) is 12.7 Å². The van der Waals surface area contributed by atoms with E-state index in [1.165, 1.54) is 18.2 Å². The molecule has 0 saturated heterocycles. The van der Waals surface area contributed by atoms with Crippen LogP contribution in [0.25, 0.3) is 0 Å². The van der Waals surface area contributed by atoms with E-state index in [1.54, 1.807) is 0 Å². The van der Waals surface area contributed by atoms with Crippen LogP contribution < -0.4 is 5.32 Å². The summed E-state index contributed by atoms with van der Waals surface area (Å²) >= 11 is 0. The molecule has 1 aromatic rings. The lowest BCUT2D eigenvalue weighted by atomic mass is 10.1. The quantitative estimate of drug-likeness (QED) is 0.733. The highest BCUT2D eigenvalue weighted by molar-refractivity contribution is 5.29. The van der Waals surface area contributed by atoms with Crippen molar-refractivity contribution in [3.63, 3.8) is 0 Å². The number of hydrogen-bond acceptors (Lipinski definition) is 3. The Morgan fingerprint density at radius 1 is 1.12 bits per heavy atom. The smallest absolute Gasteiger partial charge is 0.395 e. The number of aliphatic hydroxyl groups excluding tert-OH is 2. The molecule has 1 rings (SSSR count). The molecular weight excluding hydrogens is 235 g/mol. The van der Waals surface area contributed by atoms with E-state index in [0.29, 0.717) is 0 Å². The lowest BCUT2D eigenvalue weighted by molar-refractivity contribution is -0.138. The number of alkyl halides is 3. The Bertz CT molecular complexity index is 351. The van der Waals surface area contributed by atoms with Crippen LogP contribution in [0.4, 0.5) is 13.2 Å². The van der Waals surface area contributed by atoms with Gasteiger partial charge >= 0.3 is 6.18 Å². The molecule has 0 heterocycles. The van der Waals surface area contributed by atoms with Gasteiger partial charge in [-0.05, 0) is 11.6 Å². The third-order valence-electron chi connectivity index (χ3n) is 2.34. The predicted octanol–water partition coefficient (Wildman–Crippen LogP) is 1.15. The SMILES string of the molecule is OCC(CO)NCc1ccccc1C(F)(F)F. The van der Waals surface area contributed by atoms with Gasteiger partial charge < -0.3 is 15.5 Å². The van der Waals surface area contributed by atoms with Gasteiger partial charge in [-0.2, -0.15) is 13.2 Å². The molecule has 0 saturated carbocycles. The summed E-state index contributed by atoms with van der Waals surface area (Å²) < 4.78 is 37.8. The Morgan fingerprint density at radius 3 is 2.24 bits per heavy atom. The molecule has 0 aliphatic carbocycles. The van der Waals surface area contributed by atoms with Gasteiger partial charge in [0.2, 0.25) is 0 Å². The Morgan fingerprint density at radius 2 is 1.71 bits per heavy atom. The second-order valence-electron chi connectivity index (χ2n) is 3.60. The van der Waals surface area contributed by atoms with E-state index in [4.69, 9.17) is 10.2 Å². The van der Waals surface area contributed by atoms with Crippen LogP contribution in [0.2, 0.25) is 0 Å². The summed E-state index contributed by atoms with van der Waals surface area (Å²) in [6.45, 7) is -0.711. The predicted molar refractivity (Wildman–Crippen MR) is 56.2 cm³/mol. The number of halogens is 3. The van der Waals surface area contributed by atoms with E-state index in [0.717, 1.165) is 6.07 Å². The molecule has 0 aliphatic rings. The van der Waals surface area contributed by atoms with Crippen molar-refractivity contribution >= 4 is 0 Å². The average Bonchev–Trinajstić information content (AvgIpc) is 2.29. The van der Waals surface area contributed by atoms with Crippen molar-refractivity contribution in [2.24, 2.45) is 0 Å². The highest BCUT2D eigenvalue weighted by Crippen LogP contribution is 2.31. The fraction of sp³-hybridized carbons (Fsp3) is 0.455. The van der Waals surface area contributed by atoms with E-state index in [-0.39, 0.29) is 25.3 Å². The summed E-state index contributed by atoms with van der Waals surface area (Å²) in [7, 11) is 0. The fourth-order valence-electron chi connectivity index (χ4n) is 1.39. The molecule has 0 unspecified atom stereocenters. The first kappa shape index (κ1) is 14.0. The Balaban J connectivity index is 2.77. The zero-order valence-corrected chi connectivity index (χ0v) is 9.04. The van der Waals surface area contributed by atoms with Crippen molar-refractivity contribution < 1.29 is 23.4 Å². The monoisotopic (exact) mass is 249 g/mol. The van der Waals surface area contributed by atoms with Crippen LogP contribution in [0.3, 0.4) is 0 Å². The Hall–Kier alpha value is -1.11. The van der Waals surface area contributed by atoms with Crippen molar-refractivity contribution in [3.8, 4) is 0 Å². The van der Waals surface area contributed by atoms with Crippen molar-refractivity contribution in [1.29, 1.82) is 0 Å². The van der Waals surface area contributed by atoms with E-state index >= 15 is 0 Å². The maximum Gasteiger partial charge on any atom is 0.416 e. The molecule has 0 atom stereocenters. The molecule has 0 fully saturated rings. The van der Waals surface area contributed by atoms with Gasteiger partial charge in [0, 0.05) is 6.54 Å². The van der Waals surface area contributed by atoms with Crippen molar-refractivity contribution in [2.75, 3.05) is 13.2 Å². The third kappa shape index (κ3) is 3.99. The third-order valence-corrected chi connectivity index (χ3v) is 2.34. The van der Waals surface area contributed by atoms with Crippen LogP contribution >= 0.6 is 0 Å². The largest absolute Gasteiger partial charge is 0.416 e. The number of aliphatic hydroxyl groups is 2. The normalized spacial score (nSPS) is 12.1. The first-order valence-corrected chi connectivity index (χ1v) is 5.09. The molecular formula is C11H14F3NO2. The minimum absolute atomic E-state index is 0.0541. The summed E-state index contributed by atoms with van der Waals surface area (Å²) in [4.78, 5) is 0. The molecule has 0 aliphatic heterocycles. The molecule has 0 spiro atoms. The fourth-order valence-corrected chi connectivity index (χ4v) is 1.39. The summed E-state index contributed by atoms with van der Waals surface area (Å²) in [6, 6.07) is 4.59. The average molecular weight is 249 g/mol. The van der Waals surface area contributed by atoms with E-state index in [1.807, 2.05) is 0 Å².